The first-order chi connectivity index (χ1) is 10.2. The van der Waals surface area contributed by atoms with Crippen molar-refractivity contribution < 1.29 is 9.18 Å². The molecule has 1 aromatic carbocycles. The summed E-state index contributed by atoms with van der Waals surface area (Å²) in [5, 5.41) is 0. The molecule has 21 heavy (non-hydrogen) atoms. The van der Waals surface area contributed by atoms with Crippen LogP contribution in [0, 0.1) is 5.82 Å². The van der Waals surface area contributed by atoms with Crippen LogP contribution in [0.3, 0.4) is 0 Å². The van der Waals surface area contributed by atoms with Crippen molar-refractivity contribution in [3.8, 4) is 0 Å². The fourth-order valence-corrected chi connectivity index (χ4v) is 2.46. The Labute approximate surface area is 122 Å². The molecule has 0 aliphatic carbocycles. The Bertz CT molecular complexity index is 619. The number of carbonyl (C=O) groups excluding carboxylic acids is 1. The van der Waals surface area contributed by atoms with E-state index in [-0.39, 0.29) is 11.6 Å². The molecule has 2 heterocycles. The summed E-state index contributed by atoms with van der Waals surface area (Å²) in [4.78, 5) is 22.9. The second-order valence-electron chi connectivity index (χ2n) is 5.16. The number of halogens is 1. The van der Waals surface area contributed by atoms with Crippen LogP contribution < -0.4 is 4.90 Å². The Morgan fingerprint density at radius 1 is 0.952 bits per heavy atom. The summed E-state index contributed by atoms with van der Waals surface area (Å²) in [5.41, 5.74) is 0.855. The van der Waals surface area contributed by atoms with E-state index in [4.69, 9.17) is 0 Å². The molecule has 0 N–H and O–H groups in total. The van der Waals surface area contributed by atoms with Crippen LogP contribution >= 0.6 is 0 Å². The van der Waals surface area contributed by atoms with Crippen LogP contribution in [0.5, 0.6) is 0 Å². The van der Waals surface area contributed by atoms with E-state index >= 15 is 0 Å². The molecule has 1 aliphatic rings. The summed E-state index contributed by atoms with van der Waals surface area (Å²) in [6.45, 7) is 1.93. The maximum absolute atomic E-state index is 12.9. The molecule has 108 valence electrons. The van der Waals surface area contributed by atoms with Gasteiger partial charge in [0.05, 0.1) is 5.56 Å². The van der Waals surface area contributed by atoms with Crippen LogP contribution in [0.4, 0.5) is 10.3 Å². The van der Waals surface area contributed by atoms with Crippen LogP contribution in [0.1, 0.15) is 35.2 Å². The lowest BCUT2D eigenvalue weighted by atomic mass is 10.1. The summed E-state index contributed by atoms with van der Waals surface area (Å²) in [5.74, 6) is 0.119. The molecule has 1 saturated heterocycles. The molecule has 0 spiro atoms. The van der Waals surface area contributed by atoms with Gasteiger partial charge in [-0.05, 0) is 43.5 Å². The Hall–Kier alpha value is -2.30. The Morgan fingerprint density at radius 3 is 2.19 bits per heavy atom. The van der Waals surface area contributed by atoms with Crippen molar-refractivity contribution >= 4 is 11.7 Å². The second kappa shape index (κ2) is 5.99. The van der Waals surface area contributed by atoms with Crippen LogP contribution in [0.25, 0.3) is 0 Å². The lowest BCUT2D eigenvalue weighted by Gasteiger charge is -2.26. The molecule has 1 aromatic heterocycles. The molecule has 2 aromatic rings. The van der Waals surface area contributed by atoms with Crippen LogP contribution in [0.2, 0.25) is 0 Å². The van der Waals surface area contributed by atoms with Gasteiger partial charge >= 0.3 is 0 Å². The minimum atomic E-state index is -0.358. The highest BCUT2D eigenvalue weighted by molar-refractivity contribution is 6.08. The zero-order valence-corrected chi connectivity index (χ0v) is 11.6. The van der Waals surface area contributed by atoms with Crippen molar-refractivity contribution in [3.63, 3.8) is 0 Å². The van der Waals surface area contributed by atoms with Crippen LogP contribution in [-0.2, 0) is 0 Å². The summed E-state index contributed by atoms with van der Waals surface area (Å²) in [6.07, 6.45) is 6.64. The highest BCUT2D eigenvalue weighted by atomic mass is 19.1. The highest BCUT2D eigenvalue weighted by Crippen LogP contribution is 2.16. The maximum atomic E-state index is 12.9. The highest BCUT2D eigenvalue weighted by Gasteiger charge is 2.15. The molecule has 0 unspecified atom stereocenters. The normalized spacial score (nSPS) is 15.0. The first kappa shape index (κ1) is 13.7. The predicted molar refractivity (Wildman–Crippen MR) is 77.9 cm³/mol. The third-order valence-electron chi connectivity index (χ3n) is 3.65. The van der Waals surface area contributed by atoms with Gasteiger partial charge in [-0.2, -0.15) is 0 Å². The average Bonchev–Trinajstić information content (AvgIpc) is 2.56. The minimum Gasteiger partial charge on any atom is -0.341 e. The van der Waals surface area contributed by atoms with E-state index in [1.54, 1.807) is 12.4 Å². The van der Waals surface area contributed by atoms with Crippen molar-refractivity contribution in [2.45, 2.75) is 19.3 Å². The monoisotopic (exact) mass is 285 g/mol. The van der Waals surface area contributed by atoms with Gasteiger partial charge in [-0.1, -0.05) is 0 Å². The first-order valence-corrected chi connectivity index (χ1v) is 7.11. The van der Waals surface area contributed by atoms with Gasteiger partial charge in [0.15, 0.2) is 5.78 Å². The van der Waals surface area contributed by atoms with Crippen molar-refractivity contribution in [2.75, 3.05) is 18.0 Å². The molecular formula is C16H16FN3O. The van der Waals surface area contributed by atoms with E-state index in [1.165, 1.54) is 30.7 Å². The van der Waals surface area contributed by atoms with E-state index in [9.17, 15) is 9.18 Å². The SMILES string of the molecule is O=C(c1ccc(F)cc1)c1cnc(N2CCCCC2)nc1. The van der Waals surface area contributed by atoms with Gasteiger partial charge in [0.25, 0.3) is 0 Å². The van der Waals surface area contributed by atoms with E-state index in [1.807, 2.05) is 0 Å². The molecule has 4 nitrogen and oxygen atoms in total. The molecule has 0 saturated carbocycles. The first-order valence-electron chi connectivity index (χ1n) is 7.11. The maximum Gasteiger partial charge on any atom is 0.225 e. The average molecular weight is 285 g/mol. The number of benzene rings is 1. The Balaban J connectivity index is 1.77. The summed E-state index contributed by atoms with van der Waals surface area (Å²) in [7, 11) is 0. The van der Waals surface area contributed by atoms with E-state index in [2.05, 4.69) is 14.9 Å². The number of hydrogen-bond acceptors (Lipinski definition) is 4. The van der Waals surface area contributed by atoms with E-state index in [0.717, 1.165) is 25.9 Å². The van der Waals surface area contributed by atoms with Crippen molar-refractivity contribution in [1.82, 2.24) is 9.97 Å². The quantitative estimate of drug-likeness (QED) is 0.814. The lowest BCUT2D eigenvalue weighted by Crippen LogP contribution is -2.31. The fourth-order valence-electron chi connectivity index (χ4n) is 2.46. The molecule has 1 aliphatic heterocycles. The van der Waals surface area contributed by atoms with Gasteiger partial charge in [0.2, 0.25) is 5.95 Å². The van der Waals surface area contributed by atoms with Gasteiger partial charge in [0.1, 0.15) is 5.82 Å². The van der Waals surface area contributed by atoms with Gasteiger partial charge in [-0.3, -0.25) is 4.79 Å². The minimum absolute atomic E-state index is 0.194. The number of rotatable bonds is 3. The third kappa shape index (κ3) is 3.07. The van der Waals surface area contributed by atoms with Crippen molar-refractivity contribution in [1.29, 1.82) is 0 Å². The molecular weight excluding hydrogens is 269 g/mol. The molecule has 3 rings (SSSR count). The van der Waals surface area contributed by atoms with Gasteiger partial charge in [-0.25, -0.2) is 14.4 Å². The van der Waals surface area contributed by atoms with Crippen LogP contribution in [-0.4, -0.2) is 28.8 Å². The smallest absolute Gasteiger partial charge is 0.225 e. The topological polar surface area (TPSA) is 46.1 Å². The van der Waals surface area contributed by atoms with Gasteiger partial charge < -0.3 is 4.90 Å². The van der Waals surface area contributed by atoms with E-state index < -0.39 is 0 Å². The number of carbonyl (C=O) groups is 1. The number of hydrogen-bond donors (Lipinski definition) is 0. The Kier molecular flexibility index (Phi) is 3.90. The molecule has 0 amide bonds. The standard InChI is InChI=1S/C16H16FN3O/c17-14-6-4-12(5-7-14)15(21)13-10-18-16(19-11-13)20-8-2-1-3-9-20/h4-7,10-11H,1-3,8-9H2. The number of aromatic nitrogens is 2. The number of nitrogens with zero attached hydrogens (tertiary/aromatic N) is 3. The van der Waals surface area contributed by atoms with Gasteiger partial charge in [-0.15, -0.1) is 0 Å². The molecule has 1 fully saturated rings. The van der Waals surface area contributed by atoms with Crippen molar-refractivity contribution in [3.05, 3.63) is 53.6 Å². The largest absolute Gasteiger partial charge is 0.341 e. The van der Waals surface area contributed by atoms with Crippen molar-refractivity contribution in [2.24, 2.45) is 0 Å². The van der Waals surface area contributed by atoms with E-state index in [0.29, 0.717) is 17.1 Å². The number of piperidine rings is 1. The fraction of sp³-hybridized carbons (Fsp3) is 0.312. The zero-order chi connectivity index (χ0) is 14.7. The van der Waals surface area contributed by atoms with Gasteiger partial charge in [0, 0.05) is 31.0 Å². The second-order valence-corrected chi connectivity index (χ2v) is 5.16. The Morgan fingerprint density at radius 2 is 1.57 bits per heavy atom. The third-order valence-corrected chi connectivity index (χ3v) is 3.65. The molecule has 0 atom stereocenters. The zero-order valence-electron chi connectivity index (χ0n) is 11.6. The number of ketones is 1. The lowest BCUT2D eigenvalue weighted by molar-refractivity contribution is 0.103. The predicted octanol–water partition coefficient (Wildman–Crippen LogP) is 2.84. The molecule has 5 heteroatoms. The summed E-state index contributed by atoms with van der Waals surface area (Å²) < 4.78 is 12.9. The molecule has 0 bridgehead atoms. The number of anilines is 1. The molecule has 0 radical (unpaired) electrons. The van der Waals surface area contributed by atoms with Crippen LogP contribution in [0.15, 0.2) is 36.7 Å². The summed E-state index contributed by atoms with van der Waals surface area (Å²) in [6, 6.07) is 5.48. The summed E-state index contributed by atoms with van der Waals surface area (Å²) >= 11 is 0.